The van der Waals surface area contributed by atoms with Crippen LogP contribution in [0.5, 0.6) is 5.75 Å². The molecular formula is C28H28N4O2. The molecule has 0 aliphatic rings. The van der Waals surface area contributed by atoms with Gasteiger partial charge in [0.2, 0.25) is 0 Å². The van der Waals surface area contributed by atoms with Gasteiger partial charge in [-0.05, 0) is 55.3 Å². The van der Waals surface area contributed by atoms with Crippen molar-refractivity contribution in [2.24, 2.45) is 12.8 Å². The van der Waals surface area contributed by atoms with Crippen molar-refractivity contribution in [3.63, 3.8) is 0 Å². The van der Waals surface area contributed by atoms with Crippen LogP contribution in [0, 0.1) is 6.92 Å². The Kier molecular flexibility index (Phi) is 5.90. The quantitative estimate of drug-likeness (QED) is 0.385. The lowest BCUT2D eigenvalue weighted by atomic mass is 10.1. The summed E-state index contributed by atoms with van der Waals surface area (Å²) in [7, 11) is 1.81. The fourth-order valence-electron chi connectivity index (χ4n) is 4.52. The van der Waals surface area contributed by atoms with E-state index in [4.69, 9.17) is 15.5 Å². The smallest absolute Gasteiger partial charge is 0.277 e. The highest BCUT2D eigenvalue weighted by Crippen LogP contribution is 2.32. The van der Waals surface area contributed by atoms with E-state index in [0.29, 0.717) is 18.8 Å². The van der Waals surface area contributed by atoms with Crippen LogP contribution in [0.15, 0.2) is 77.7 Å². The number of hydrogen-bond donors (Lipinski definition) is 1. The van der Waals surface area contributed by atoms with Crippen LogP contribution in [0.1, 0.15) is 17.5 Å². The first-order valence-corrected chi connectivity index (χ1v) is 11.5. The van der Waals surface area contributed by atoms with Crippen molar-refractivity contribution in [2.75, 3.05) is 6.54 Å². The molecule has 2 aromatic heterocycles. The third-order valence-electron chi connectivity index (χ3n) is 6.25. The molecule has 0 saturated carbocycles. The van der Waals surface area contributed by atoms with E-state index in [-0.39, 0.29) is 5.56 Å². The molecule has 2 heterocycles. The van der Waals surface area contributed by atoms with E-state index >= 15 is 0 Å². The molecular weight excluding hydrogens is 424 g/mol. The number of fused-ring (bicyclic) bond motifs is 2. The first kappa shape index (κ1) is 21.9. The average Bonchev–Trinajstić information content (AvgIpc) is 3.21. The highest BCUT2D eigenvalue weighted by molar-refractivity contribution is 5.97. The van der Waals surface area contributed by atoms with Gasteiger partial charge in [-0.15, -0.1) is 0 Å². The van der Waals surface area contributed by atoms with Gasteiger partial charge in [-0.3, -0.25) is 4.79 Å². The van der Waals surface area contributed by atoms with Crippen LogP contribution < -0.4 is 16.0 Å². The predicted octanol–water partition coefficient (Wildman–Crippen LogP) is 4.79. The average molecular weight is 453 g/mol. The predicted molar refractivity (Wildman–Crippen MR) is 137 cm³/mol. The van der Waals surface area contributed by atoms with Crippen molar-refractivity contribution in [3.05, 3.63) is 94.4 Å². The van der Waals surface area contributed by atoms with Crippen molar-refractivity contribution < 1.29 is 4.74 Å². The summed E-state index contributed by atoms with van der Waals surface area (Å²) in [6, 6.07) is 22.0. The lowest BCUT2D eigenvalue weighted by Gasteiger charge is -2.10. The molecule has 0 fully saturated rings. The molecule has 34 heavy (non-hydrogen) atoms. The van der Waals surface area contributed by atoms with Crippen LogP contribution in [-0.4, -0.2) is 20.7 Å². The zero-order valence-electron chi connectivity index (χ0n) is 19.5. The zero-order valence-corrected chi connectivity index (χ0v) is 19.5. The third kappa shape index (κ3) is 3.97. The minimum atomic E-state index is -0.115. The normalized spacial score (nSPS) is 11.4. The molecule has 3 aromatic carbocycles. The molecule has 0 unspecified atom stereocenters. The molecule has 6 heteroatoms. The van der Waals surface area contributed by atoms with Gasteiger partial charge in [-0.2, -0.15) is 0 Å². The van der Waals surface area contributed by atoms with Crippen molar-refractivity contribution in [1.29, 1.82) is 0 Å². The van der Waals surface area contributed by atoms with Gasteiger partial charge in [0, 0.05) is 36.3 Å². The minimum absolute atomic E-state index is 0.115. The Balaban J connectivity index is 1.65. The van der Waals surface area contributed by atoms with E-state index in [2.05, 4.69) is 4.57 Å². The lowest BCUT2D eigenvalue weighted by molar-refractivity contribution is 0.306. The molecule has 0 atom stereocenters. The van der Waals surface area contributed by atoms with E-state index in [9.17, 15) is 4.79 Å². The summed E-state index contributed by atoms with van der Waals surface area (Å²) in [6.07, 6.45) is 2.87. The van der Waals surface area contributed by atoms with E-state index < -0.39 is 0 Å². The summed E-state index contributed by atoms with van der Waals surface area (Å²) >= 11 is 0. The molecule has 172 valence electrons. The summed E-state index contributed by atoms with van der Waals surface area (Å²) in [5.74, 6) is 0.752. The zero-order chi connectivity index (χ0) is 23.7. The first-order chi connectivity index (χ1) is 16.6. The summed E-state index contributed by atoms with van der Waals surface area (Å²) in [4.78, 5) is 18.3. The highest BCUT2D eigenvalue weighted by atomic mass is 16.5. The van der Waals surface area contributed by atoms with Gasteiger partial charge < -0.3 is 19.6 Å². The summed E-state index contributed by atoms with van der Waals surface area (Å²) < 4.78 is 9.94. The second kappa shape index (κ2) is 9.15. The Morgan fingerprint density at radius 2 is 1.85 bits per heavy atom. The summed E-state index contributed by atoms with van der Waals surface area (Å²) in [5.41, 5.74) is 11.7. The summed E-state index contributed by atoms with van der Waals surface area (Å²) in [5, 5.41) is 0.944. The van der Waals surface area contributed by atoms with Crippen LogP contribution in [-0.2, 0) is 20.2 Å². The maximum absolute atomic E-state index is 13.4. The van der Waals surface area contributed by atoms with Gasteiger partial charge in [-0.1, -0.05) is 42.5 Å². The molecule has 0 amide bonds. The van der Waals surface area contributed by atoms with Crippen LogP contribution in [0.3, 0.4) is 0 Å². The maximum atomic E-state index is 13.4. The molecule has 0 aliphatic carbocycles. The molecule has 0 radical (unpaired) electrons. The molecule has 0 aliphatic heterocycles. The number of para-hydroxylation sites is 1. The largest absolute Gasteiger partial charge is 0.489 e. The van der Waals surface area contributed by atoms with Crippen molar-refractivity contribution >= 4 is 21.9 Å². The Morgan fingerprint density at radius 1 is 1.03 bits per heavy atom. The topological polar surface area (TPSA) is 75.1 Å². The molecule has 6 nitrogen and oxygen atoms in total. The lowest BCUT2D eigenvalue weighted by Crippen LogP contribution is -2.21. The SMILES string of the molecule is Cc1cccc2nc(-c3cn(CCCN)c4ccc(OCc5ccccc5)cc34)c(=O)n(C)c12. The van der Waals surface area contributed by atoms with E-state index in [1.165, 1.54) is 0 Å². The van der Waals surface area contributed by atoms with E-state index in [1.807, 2.05) is 86.9 Å². The molecule has 0 saturated heterocycles. The number of nitrogens with two attached hydrogens (primary N) is 1. The van der Waals surface area contributed by atoms with Gasteiger partial charge in [0.1, 0.15) is 18.1 Å². The van der Waals surface area contributed by atoms with Crippen LogP contribution in [0.4, 0.5) is 0 Å². The van der Waals surface area contributed by atoms with Crippen molar-refractivity contribution in [3.8, 4) is 17.0 Å². The molecule has 0 bridgehead atoms. The number of benzene rings is 3. The van der Waals surface area contributed by atoms with Crippen molar-refractivity contribution in [2.45, 2.75) is 26.5 Å². The Bertz CT molecular complexity index is 1530. The Hall–Kier alpha value is -3.90. The van der Waals surface area contributed by atoms with E-state index in [1.54, 1.807) is 4.57 Å². The van der Waals surface area contributed by atoms with Crippen LogP contribution >= 0.6 is 0 Å². The second-order valence-corrected chi connectivity index (χ2v) is 8.60. The number of rotatable bonds is 7. The molecule has 0 spiro atoms. The van der Waals surface area contributed by atoms with Gasteiger partial charge in [0.25, 0.3) is 5.56 Å². The fraction of sp³-hybridized carbons (Fsp3) is 0.214. The molecule has 5 rings (SSSR count). The number of aromatic nitrogens is 3. The van der Waals surface area contributed by atoms with Crippen LogP contribution in [0.25, 0.3) is 33.2 Å². The summed E-state index contributed by atoms with van der Waals surface area (Å²) in [6.45, 7) is 3.84. The van der Waals surface area contributed by atoms with Gasteiger partial charge in [0.05, 0.1) is 11.0 Å². The van der Waals surface area contributed by atoms with Gasteiger partial charge in [-0.25, -0.2) is 4.98 Å². The number of hydrogen-bond acceptors (Lipinski definition) is 4. The molecule has 5 aromatic rings. The van der Waals surface area contributed by atoms with E-state index in [0.717, 1.165) is 57.3 Å². The Labute approximate surface area is 198 Å². The monoisotopic (exact) mass is 452 g/mol. The second-order valence-electron chi connectivity index (χ2n) is 8.60. The number of nitrogens with zero attached hydrogens (tertiary/aromatic N) is 3. The molecule has 2 N–H and O–H groups in total. The first-order valence-electron chi connectivity index (χ1n) is 11.5. The van der Waals surface area contributed by atoms with Crippen LogP contribution in [0.2, 0.25) is 0 Å². The standard InChI is InChI=1S/C28H28N4O2/c1-19-8-6-11-24-27(19)31(2)28(33)26(30-24)23-17-32(15-7-14-29)25-13-12-21(16-22(23)25)34-18-20-9-4-3-5-10-20/h3-6,8-13,16-17H,7,14-15,18,29H2,1-2H3. The minimum Gasteiger partial charge on any atom is -0.489 e. The van der Waals surface area contributed by atoms with Gasteiger partial charge >= 0.3 is 0 Å². The highest BCUT2D eigenvalue weighted by Gasteiger charge is 2.18. The van der Waals surface area contributed by atoms with Gasteiger partial charge in [0.15, 0.2) is 0 Å². The van der Waals surface area contributed by atoms with Crippen molar-refractivity contribution in [1.82, 2.24) is 14.1 Å². The maximum Gasteiger partial charge on any atom is 0.277 e. The Morgan fingerprint density at radius 3 is 2.65 bits per heavy atom. The number of aryl methyl sites for hydroxylation is 3. The fourth-order valence-corrected chi connectivity index (χ4v) is 4.52. The third-order valence-corrected chi connectivity index (χ3v) is 6.25. The number of ether oxygens (including phenoxy) is 1.